The first-order chi connectivity index (χ1) is 12.2. The standard InChI is InChI=1S/C16H16IN3O5S/c1-10-3-5-12(6-4-10)26(22,23)25-15-13(17)7-11(8-14(15)24-2)9-19-20-16(18)21/h3-9H,1-2H3,(H3,18,20,21)/b19-9-. The van der Waals surface area contributed by atoms with Gasteiger partial charge in [0.1, 0.15) is 4.90 Å². The molecule has 0 saturated heterocycles. The number of carbonyl (C=O) groups excluding carboxylic acids is 1. The fraction of sp³-hybridized carbons (Fsp3) is 0.125. The molecule has 2 rings (SSSR count). The second kappa shape index (κ2) is 8.36. The zero-order valence-electron chi connectivity index (χ0n) is 13.9. The molecule has 8 nitrogen and oxygen atoms in total. The monoisotopic (exact) mass is 489 g/mol. The third-order valence-corrected chi connectivity index (χ3v) is 5.18. The van der Waals surface area contributed by atoms with Crippen molar-refractivity contribution in [3.8, 4) is 11.5 Å². The molecule has 0 heterocycles. The number of primary amides is 1. The molecule has 0 aromatic heterocycles. The normalized spacial score (nSPS) is 11.3. The molecule has 0 fully saturated rings. The lowest BCUT2D eigenvalue weighted by Gasteiger charge is -2.13. The second-order valence-corrected chi connectivity index (χ2v) is 7.83. The number of ether oxygens (including phenoxy) is 1. The van der Waals surface area contributed by atoms with Gasteiger partial charge in [-0.3, -0.25) is 0 Å². The highest BCUT2D eigenvalue weighted by Crippen LogP contribution is 2.35. The van der Waals surface area contributed by atoms with E-state index in [1.807, 2.05) is 29.5 Å². The van der Waals surface area contributed by atoms with Gasteiger partial charge >= 0.3 is 16.1 Å². The summed E-state index contributed by atoms with van der Waals surface area (Å²) in [5.41, 5.74) is 8.48. The van der Waals surface area contributed by atoms with Crippen molar-refractivity contribution in [2.24, 2.45) is 10.8 Å². The Labute approximate surface area is 164 Å². The van der Waals surface area contributed by atoms with Crippen LogP contribution >= 0.6 is 22.6 Å². The van der Waals surface area contributed by atoms with Crippen molar-refractivity contribution in [1.29, 1.82) is 0 Å². The fourth-order valence-corrected chi connectivity index (χ4v) is 3.77. The number of halogens is 1. The molecule has 2 amide bonds. The van der Waals surface area contributed by atoms with Gasteiger partial charge in [-0.25, -0.2) is 10.2 Å². The number of nitrogens with one attached hydrogen (secondary N) is 1. The van der Waals surface area contributed by atoms with E-state index in [0.717, 1.165) is 5.56 Å². The summed E-state index contributed by atoms with van der Waals surface area (Å²) in [5.74, 6) is 0.266. The zero-order valence-corrected chi connectivity index (χ0v) is 16.9. The van der Waals surface area contributed by atoms with Crippen LogP contribution in [0.4, 0.5) is 4.79 Å². The molecule has 138 valence electrons. The molecule has 0 aliphatic heterocycles. The Morgan fingerprint density at radius 2 is 1.92 bits per heavy atom. The molecule has 0 saturated carbocycles. The number of methoxy groups -OCH3 is 1. The van der Waals surface area contributed by atoms with E-state index < -0.39 is 16.1 Å². The van der Waals surface area contributed by atoms with Gasteiger partial charge in [0.15, 0.2) is 11.5 Å². The predicted octanol–water partition coefficient (Wildman–Crippen LogP) is 2.38. The van der Waals surface area contributed by atoms with Crippen molar-refractivity contribution in [1.82, 2.24) is 5.43 Å². The summed E-state index contributed by atoms with van der Waals surface area (Å²) in [4.78, 5) is 10.7. The molecule has 0 unspecified atom stereocenters. The van der Waals surface area contributed by atoms with Crippen LogP contribution in [0.2, 0.25) is 0 Å². The summed E-state index contributed by atoms with van der Waals surface area (Å²) in [6.07, 6.45) is 1.34. The smallest absolute Gasteiger partial charge is 0.339 e. The van der Waals surface area contributed by atoms with E-state index in [4.69, 9.17) is 14.7 Å². The molecule has 26 heavy (non-hydrogen) atoms. The van der Waals surface area contributed by atoms with Gasteiger partial charge in [0.25, 0.3) is 0 Å². The average Bonchev–Trinajstić information content (AvgIpc) is 2.57. The van der Waals surface area contributed by atoms with E-state index in [1.54, 1.807) is 18.2 Å². The molecule has 3 N–H and O–H groups in total. The maximum atomic E-state index is 12.5. The predicted molar refractivity (Wildman–Crippen MR) is 105 cm³/mol. The van der Waals surface area contributed by atoms with Gasteiger partial charge in [0.05, 0.1) is 16.9 Å². The number of carbonyl (C=O) groups is 1. The molecule has 0 aliphatic rings. The largest absolute Gasteiger partial charge is 0.493 e. The molecular weight excluding hydrogens is 473 g/mol. The van der Waals surface area contributed by atoms with Crippen LogP contribution in [0.3, 0.4) is 0 Å². The number of hydrazone groups is 1. The molecule has 2 aromatic carbocycles. The minimum atomic E-state index is -4.02. The summed E-state index contributed by atoms with van der Waals surface area (Å²) in [6.45, 7) is 1.86. The van der Waals surface area contributed by atoms with Gasteiger partial charge in [-0.1, -0.05) is 17.7 Å². The van der Waals surface area contributed by atoms with Crippen LogP contribution in [-0.2, 0) is 10.1 Å². The second-order valence-electron chi connectivity index (χ2n) is 5.12. The van der Waals surface area contributed by atoms with E-state index in [2.05, 4.69) is 10.5 Å². The Bertz CT molecular complexity index is 943. The maximum absolute atomic E-state index is 12.5. The number of benzene rings is 2. The Balaban J connectivity index is 2.35. The molecule has 0 radical (unpaired) electrons. The van der Waals surface area contributed by atoms with Gasteiger partial charge in [-0.15, -0.1) is 0 Å². The molecule has 0 spiro atoms. The summed E-state index contributed by atoms with van der Waals surface area (Å²) in [6, 6.07) is 8.66. The van der Waals surface area contributed by atoms with Crippen molar-refractivity contribution in [2.75, 3.05) is 7.11 Å². The lowest BCUT2D eigenvalue weighted by atomic mass is 10.2. The number of hydrogen-bond donors (Lipinski definition) is 2. The quantitative estimate of drug-likeness (QED) is 0.280. The Kier molecular flexibility index (Phi) is 6.42. The van der Waals surface area contributed by atoms with E-state index >= 15 is 0 Å². The summed E-state index contributed by atoms with van der Waals surface area (Å²) in [5, 5.41) is 3.65. The van der Waals surface area contributed by atoms with E-state index in [-0.39, 0.29) is 16.4 Å². The number of rotatable bonds is 6. The first kappa shape index (κ1) is 20.0. The number of aryl methyl sites for hydroxylation is 1. The third kappa shape index (κ3) is 5.08. The Hall–Kier alpha value is -2.34. The Morgan fingerprint density at radius 1 is 1.27 bits per heavy atom. The van der Waals surface area contributed by atoms with Crippen LogP contribution in [0.1, 0.15) is 11.1 Å². The summed E-state index contributed by atoms with van der Waals surface area (Å²) >= 11 is 1.92. The highest BCUT2D eigenvalue weighted by atomic mass is 127. The lowest BCUT2D eigenvalue weighted by Crippen LogP contribution is -2.24. The maximum Gasteiger partial charge on any atom is 0.339 e. The minimum absolute atomic E-state index is 0.0391. The number of amides is 2. The lowest BCUT2D eigenvalue weighted by molar-refractivity contribution is 0.249. The van der Waals surface area contributed by atoms with Crippen molar-refractivity contribution >= 4 is 45.0 Å². The Morgan fingerprint density at radius 3 is 2.50 bits per heavy atom. The number of hydrogen-bond acceptors (Lipinski definition) is 6. The number of nitrogens with two attached hydrogens (primary N) is 1. The van der Waals surface area contributed by atoms with Crippen LogP contribution < -0.4 is 20.1 Å². The highest BCUT2D eigenvalue weighted by molar-refractivity contribution is 14.1. The van der Waals surface area contributed by atoms with Crippen molar-refractivity contribution in [2.45, 2.75) is 11.8 Å². The number of nitrogens with zero attached hydrogens (tertiary/aromatic N) is 1. The molecule has 0 bridgehead atoms. The van der Waals surface area contributed by atoms with Crippen molar-refractivity contribution in [3.05, 3.63) is 51.1 Å². The third-order valence-electron chi connectivity index (χ3n) is 3.14. The summed E-state index contributed by atoms with van der Waals surface area (Å²) in [7, 11) is -2.63. The molecule has 2 aromatic rings. The molecule has 0 aliphatic carbocycles. The summed E-state index contributed by atoms with van der Waals surface area (Å²) < 4.78 is 36.0. The molecule has 10 heteroatoms. The van der Waals surface area contributed by atoms with Crippen molar-refractivity contribution < 1.29 is 22.1 Å². The fourth-order valence-electron chi connectivity index (χ4n) is 1.93. The minimum Gasteiger partial charge on any atom is -0.493 e. The first-order valence-electron chi connectivity index (χ1n) is 7.20. The van der Waals surface area contributed by atoms with Crippen LogP contribution in [0.15, 0.2) is 46.4 Å². The topological polar surface area (TPSA) is 120 Å². The first-order valence-corrected chi connectivity index (χ1v) is 9.69. The van der Waals surface area contributed by atoms with Crippen LogP contribution in [0.5, 0.6) is 11.5 Å². The van der Waals surface area contributed by atoms with E-state index in [0.29, 0.717) is 9.13 Å². The van der Waals surface area contributed by atoms with Gasteiger partial charge in [0.2, 0.25) is 0 Å². The highest BCUT2D eigenvalue weighted by Gasteiger charge is 2.21. The van der Waals surface area contributed by atoms with E-state index in [9.17, 15) is 13.2 Å². The van der Waals surface area contributed by atoms with E-state index in [1.165, 1.54) is 31.5 Å². The van der Waals surface area contributed by atoms with Crippen LogP contribution in [0.25, 0.3) is 0 Å². The van der Waals surface area contributed by atoms with Crippen LogP contribution in [-0.4, -0.2) is 27.8 Å². The van der Waals surface area contributed by atoms with Gasteiger partial charge < -0.3 is 14.7 Å². The molecule has 0 atom stereocenters. The SMILES string of the molecule is COc1cc(/C=N\NC(N)=O)cc(I)c1OS(=O)(=O)c1ccc(C)cc1. The zero-order chi connectivity index (χ0) is 19.3. The van der Waals surface area contributed by atoms with Crippen LogP contribution in [0, 0.1) is 10.5 Å². The molecular formula is C16H16IN3O5S. The number of urea groups is 1. The van der Waals surface area contributed by atoms with Gasteiger partial charge in [-0.05, 0) is 59.3 Å². The average molecular weight is 489 g/mol. The van der Waals surface area contributed by atoms with Crippen molar-refractivity contribution in [3.63, 3.8) is 0 Å². The van der Waals surface area contributed by atoms with Gasteiger partial charge in [0, 0.05) is 0 Å². The van der Waals surface area contributed by atoms with Gasteiger partial charge in [-0.2, -0.15) is 13.5 Å².